The molecule has 10 aromatic rings. The highest BCUT2D eigenvalue weighted by atomic mass is 35.5. The van der Waals surface area contributed by atoms with Crippen LogP contribution in [0.25, 0.3) is 77.5 Å². The van der Waals surface area contributed by atoms with Crippen molar-refractivity contribution in [3.05, 3.63) is 153 Å². The molecule has 268 valence electrons. The molecule has 0 amide bonds. The molecule has 12 heteroatoms. The largest absolute Gasteiger partial charge is 0.298 e. The molecule has 56 heavy (non-hydrogen) atoms. The number of benzene rings is 4. The Bertz CT molecular complexity index is 2910. The molecule has 6 heterocycles. The number of rotatable bonds is 6. The molecule has 4 aromatic carbocycles. The van der Waals surface area contributed by atoms with Crippen molar-refractivity contribution in [2.45, 2.75) is 12.8 Å². The van der Waals surface area contributed by atoms with E-state index in [1.807, 2.05) is 84.1 Å². The lowest BCUT2D eigenvalue weighted by Gasteiger charge is -2.10. The molecule has 0 spiro atoms. The summed E-state index contributed by atoms with van der Waals surface area (Å²) >= 11 is 16.4. The number of nitrogens with zero attached hydrogens (tertiary/aromatic N) is 8. The zero-order valence-electron chi connectivity index (χ0n) is 29.3. The minimum Gasteiger partial charge on any atom is -0.298 e. The average Bonchev–Trinajstić information content (AvgIpc) is 4.06. The molecule has 0 saturated heterocycles. The van der Waals surface area contributed by atoms with Crippen molar-refractivity contribution in [1.82, 2.24) is 29.1 Å². The number of nitriles is 2. The normalized spacial score (nSPS) is 11.1. The van der Waals surface area contributed by atoms with Gasteiger partial charge in [0, 0.05) is 33.3 Å². The minimum absolute atomic E-state index is 0.403. The minimum atomic E-state index is 0.403. The van der Waals surface area contributed by atoms with Crippen LogP contribution in [-0.4, -0.2) is 29.1 Å². The number of hydrogen-bond donors (Lipinski definition) is 0. The molecule has 0 saturated carbocycles. The van der Waals surface area contributed by atoms with E-state index in [-0.39, 0.29) is 0 Å². The Kier molecular flexibility index (Phi) is 9.48. The van der Waals surface area contributed by atoms with E-state index >= 15 is 0 Å². The zero-order chi connectivity index (χ0) is 38.2. The summed E-state index contributed by atoms with van der Waals surface area (Å²) in [4.78, 5) is 18.2. The Morgan fingerprint density at radius 1 is 0.536 bits per heavy atom. The Balaban J connectivity index is 0.000000146. The van der Waals surface area contributed by atoms with E-state index in [1.165, 1.54) is 0 Å². The molecular weight excluding hydrogens is 776 g/mol. The second-order valence-corrected chi connectivity index (χ2v) is 15.3. The highest BCUT2D eigenvalue weighted by Gasteiger charge is 2.16. The fourth-order valence-electron chi connectivity index (χ4n) is 6.83. The van der Waals surface area contributed by atoms with E-state index < -0.39 is 0 Å². The van der Waals surface area contributed by atoms with Gasteiger partial charge in [-0.15, -0.1) is 0 Å². The number of pyridine rings is 2. The standard InChI is InChI=1S/2C22H13ClN4S/c2*23-19-10-20-18(9-17(19)15-6-8-28-12-15)22-21(11-25-20)26-13-27(22)16-3-1-14(2-4-16)5-7-24/h2*1-4,6,8-13H,5H2. The van der Waals surface area contributed by atoms with E-state index in [4.69, 9.17) is 33.7 Å². The molecule has 0 radical (unpaired) electrons. The number of hydrogen-bond acceptors (Lipinski definition) is 8. The van der Waals surface area contributed by atoms with Crippen LogP contribution in [0.15, 0.2) is 131 Å². The molecule has 0 fully saturated rings. The number of aromatic nitrogens is 6. The van der Waals surface area contributed by atoms with Crippen LogP contribution >= 0.6 is 45.9 Å². The smallest absolute Gasteiger partial charge is 0.108 e. The van der Waals surface area contributed by atoms with Gasteiger partial charge in [-0.25, -0.2) is 9.97 Å². The van der Waals surface area contributed by atoms with Crippen LogP contribution in [0, 0.1) is 22.7 Å². The first kappa shape index (κ1) is 35.3. The van der Waals surface area contributed by atoms with E-state index in [0.29, 0.717) is 22.9 Å². The SMILES string of the molecule is N#CCc1ccc(-n2cnc3cnc4cc(Cl)c(-c5ccsc5)cc4c32)cc1.N#CCc1ccc(-n2cnc3cnc4cc(Cl)c(-c5ccsc5)cc4c32)cc1. The molecule has 0 unspecified atom stereocenters. The Labute approximate surface area is 338 Å². The van der Waals surface area contributed by atoms with E-state index in [9.17, 15) is 0 Å². The molecule has 0 aliphatic heterocycles. The highest BCUT2D eigenvalue weighted by Crippen LogP contribution is 2.37. The predicted molar refractivity (Wildman–Crippen MR) is 228 cm³/mol. The van der Waals surface area contributed by atoms with Crippen LogP contribution in [0.2, 0.25) is 10.0 Å². The Morgan fingerprint density at radius 3 is 1.34 bits per heavy atom. The van der Waals surface area contributed by atoms with Crippen molar-refractivity contribution in [3.8, 4) is 45.8 Å². The summed E-state index contributed by atoms with van der Waals surface area (Å²) in [6, 6.07) is 32.4. The van der Waals surface area contributed by atoms with Gasteiger partial charge < -0.3 is 0 Å². The van der Waals surface area contributed by atoms with E-state index in [1.54, 1.807) is 35.1 Å². The highest BCUT2D eigenvalue weighted by molar-refractivity contribution is 7.08. The van der Waals surface area contributed by atoms with Crippen molar-refractivity contribution < 1.29 is 0 Å². The van der Waals surface area contributed by atoms with Crippen LogP contribution in [0.3, 0.4) is 0 Å². The first-order chi connectivity index (χ1) is 27.5. The van der Waals surface area contributed by atoms with Crippen molar-refractivity contribution in [2.75, 3.05) is 0 Å². The average molecular weight is 802 g/mol. The summed E-state index contributed by atoms with van der Waals surface area (Å²) in [6.45, 7) is 0. The molecule has 10 rings (SSSR count). The molecule has 0 N–H and O–H groups in total. The Hall–Kier alpha value is -6.40. The summed E-state index contributed by atoms with van der Waals surface area (Å²) in [6.07, 6.45) is 7.98. The van der Waals surface area contributed by atoms with E-state index in [0.717, 1.165) is 88.6 Å². The van der Waals surface area contributed by atoms with Gasteiger partial charge in [-0.1, -0.05) is 47.5 Å². The van der Waals surface area contributed by atoms with Gasteiger partial charge in [-0.05, 0) is 104 Å². The maximum Gasteiger partial charge on any atom is 0.108 e. The Morgan fingerprint density at radius 2 is 0.964 bits per heavy atom. The van der Waals surface area contributed by atoms with Gasteiger partial charge in [0.05, 0.1) is 69.5 Å². The van der Waals surface area contributed by atoms with Crippen LogP contribution in [0.4, 0.5) is 0 Å². The lowest BCUT2D eigenvalue weighted by molar-refractivity contribution is 1.09. The first-order valence-electron chi connectivity index (χ1n) is 17.4. The number of fused-ring (bicyclic) bond motifs is 6. The van der Waals surface area contributed by atoms with Crippen LogP contribution in [0.1, 0.15) is 11.1 Å². The topological polar surface area (TPSA) is 109 Å². The molecule has 0 bridgehead atoms. The third-order valence-electron chi connectivity index (χ3n) is 9.58. The van der Waals surface area contributed by atoms with Gasteiger partial charge in [0.2, 0.25) is 0 Å². The first-order valence-corrected chi connectivity index (χ1v) is 20.0. The molecular formula is C44H26Cl2N8S2. The number of imidazole rings is 2. The van der Waals surface area contributed by atoms with Gasteiger partial charge in [-0.2, -0.15) is 33.2 Å². The van der Waals surface area contributed by atoms with Crippen molar-refractivity contribution in [1.29, 1.82) is 10.5 Å². The summed E-state index contributed by atoms with van der Waals surface area (Å²) in [7, 11) is 0. The zero-order valence-corrected chi connectivity index (χ0v) is 32.4. The van der Waals surface area contributed by atoms with Gasteiger partial charge in [0.15, 0.2) is 0 Å². The second kappa shape index (κ2) is 15.0. The van der Waals surface area contributed by atoms with Gasteiger partial charge in [-0.3, -0.25) is 19.1 Å². The summed E-state index contributed by atoms with van der Waals surface area (Å²) in [5, 5.41) is 29.4. The molecule has 0 aliphatic rings. The maximum absolute atomic E-state index is 8.88. The molecule has 0 aliphatic carbocycles. The summed E-state index contributed by atoms with van der Waals surface area (Å²) in [5.74, 6) is 0. The number of halogens is 2. The van der Waals surface area contributed by atoms with Crippen molar-refractivity contribution >= 4 is 89.7 Å². The van der Waals surface area contributed by atoms with Gasteiger partial charge in [0.25, 0.3) is 0 Å². The van der Waals surface area contributed by atoms with Gasteiger partial charge in [0.1, 0.15) is 23.7 Å². The fraction of sp³-hybridized carbons (Fsp3) is 0.0455. The summed E-state index contributed by atoms with van der Waals surface area (Å²) in [5.41, 5.74) is 13.4. The molecule has 0 atom stereocenters. The lowest BCUT2D eigenvalue weighted by atomic mass is 10.0. The third-order valence-corrected chi connectivity index (χ3v) is 11.6. The second-order valence-electron chi connectivity index (χ2n) is 12.9. The fourth-order valence-corrected chi connectivity index (χ4v) is 8.68. The number of thiophene rings is 2. The van der Waals surface area contributed by atoms with Crippen molar-refractivity contribution in [3.63, 3.8) is 0 Å². The van der Waals surface area contributed by atoms with E-state index in [2.05, 4.69) is 76.2 Å². The van der Waals surface area contributed by atoms with Crippen LogP contribution < -0.4 is 0 Å². The van der Waals surface area contributed by atoms with Gasteiger partial charge >= 0.3 is 0 Å². The van der Waals surface area contributed by atoms with Crippen LogP contribution in [-0.2, 0) is 12.8 Å². The van der Waals surface area contributed by atoms with Crippen LogP contribution in [0.5, 0.6) is 0 Å². The quantitative estimate of drug-likeness (QED) is 0.166. The monoisotopic (exact) mass is 800 g/mol. The molecule has 8 nitrogen and oxygen atoms in total. The third kappa shape index (κ3) is 6.55. The summed E-state index contributed by atoms with van der Waals surface area (Å²) < 4.78 is 4.11. The maximum atomic E-state index is 8.88. The predicted octanol–water partition coefficient (Wildman–Crippen LogP) is 12.0. The molecule has 6 aromatic heterocycles. The lowest BCUT2D eigenvalue weighted by Crippen LogP contribution is -1.94. The van der Waals surface area contributed by atoms with Crippen molar-refractivity contribution in [2.24, 2.45) is 0 Å².